The van der Waals surface area contributed by atoms with E-state index in [4.69, 9.17) is 4.74 Å². The normalized spacial score (nSPS) is 10.5. The molecule has 1 N–H and O–H groups in total. The summed E-state index contributed by atoms with van der Waals surface area (Å²) in [5.74, 6) is 1.28. The lowest BCUT2D eigenvalue weighted by Gasteiger charge is -2.08. The molecule has 28 heavy (non-hydrogen) atoms. The average Bonchev–Trinajstić information content (AvgIpc) is 2.73. The molecule has 0 radical (unpaired) electrons. The molecule has 0 spiro atoms. The average molecular weight is 458 g/mol. The highest BCUT2D eigenvalue weighted by molar-refractivity contribution is 9.10. The minimum Gasteiger partial charge on any atom is -0.497 e. The van der Waals surface area contributed by atoms with Crippen molar-refractivity contribution in [2.75, 3.05) is 7.11 Å². The minimum absolute atomic E-state index is 0.248. The molecular weight excluding hydrogens is 438 g/mol. The summed E-state index contributed by atoms with van der Waals surface area (Å²) >= 11 is 4.87. The molecule has 144 valence electrons. The Morgan fingerprint density at radius 2 is 1.79 bits per heavy atom. The lowest BCUT2D eigenvalue weighted by Crippen LogP contribution is -2.24. The Hall–Kier alpha value is -2.38. The van der Waals surface area contributed by atoms with Gasteiger partial charge < -0.3 is 10.1 Å². The first-order valence-corrected chi connectivity index (χ1v) is 10.4. The lowest BCUT2D eigenvalue weighted by atomic mass is 10.2. The monoisotopic (exact) mass is 457 g/mol. The van der Waals surface area contributed by atoms with Gasteiger partial charge in [0.15, 0.2) is 5.16 Å². The number of benzene rings is 2. The van der Waals surface area contributed by atoms with Crippen molar-refractivity contribution < 1.29 is 9.53 Å². The first-order valence-electron chi connectivity index (χ1n) is 8.67. The fraction of sp³-hybridized carbons (Fsp3) is 0.190. The summed E-state index contributed by atoms with van der Waals surface area (Å²) in [7, 11) is 1.62. The molecule has 0 bridgehead atoms. The standard InChI is InChI=1S/C21H20BrN3O2S/c1-14-3-5-16(6-4-14)13-28-21-24-12-18(22)19(25-21)20(26)23-11-15-7-9-17(27-2)10-8-15/h3-10,12H,11,13H2,1-2H3,(H,23,26). The Labute approximate surface area is 177 Å². The van der Waals surface area contributed by atoms with Gasteiger partial charge in [0.1, 0.15) is 11.4 Å². The van der Waals surface area contributed by atoms with E-state index >= 15 is 0 Å². The summed E-state index contributed by atoms with van der Waals surface area (Å²) in [5.41, 5.74) is 3.72. The van der Waals surface area contributed by atoms with E-state index < -0.39 is 0 Å². The lowest BCUT2D eigenvalue weighted by molar-refractivity contribution is 0.0944. The number of carbonyl (C=O) groups excluding carboxylic acids is 1. The first-order chi connectivity index (χ1) is 13.5. The van der Waals surface area contributed by atoms with Crippen LogP contribution in [0.15, 0.2) is 64.4 Å². The van der Waals surface area contributed by atoms with Crippen LogP contribution >= 0.6 is 27.7 Å². The second kappa shape index (κ2) is 9.71. The zero-order valence-corrected chi connectivity index (χ0v) is 18.0. The third-order valence-electron chi connectivity index (χ3n) is 4.04. The molecule has 7 heteroatoms. The topological polar surface area (TPSA) is 64.1 Å². The summed E-state index contributed by atoms with van der Waals surface area (Å²) < 4.78 is 5.71. The van der Waals surface area contributed by atoms with Crippen LogP contribution in [0.2, 0.25) is 0 Å². The highest BCUT2D eigenvalue weighted by Crippen LogP contribution is 2.22. The van der Waals surface area contributed by atoms with Crippen LogP contribution in [0.5, 0.6) is 5.75 Å². The third-order valence-corrected chi connectivity index (χ3v) is 5.55. The van der Waals surface area contributed by atoms with E-state index in [1.807, 2.05) is 24.3 Å². The van der Waals surface area contributed by atoms with Gasteiger partial charge in [-0.1, -0.05) is 53.7 Å². The second-order valence-electron chi connectivity index (χ2n) is 6.15. The zero-order valence-electron chi connectivity index (χ0n) is 15.6. The van der Waals surface area contributed by atoms with Crippen LogP contribution in [0, 0.1) is 6.92 Å². The molecule has 1 aromatic heterocycles. The van der Waals surface area contributed by atoms with E-state index in [2.05, 4.69) is 62.4 Å². The predicted octanol–water partition coefficient (Wildman–Crippen LogP) is 4.78. The number of hydrogen-bond donors (Lipinski definition) is 1. The van der Waals surface area contributed by atoms with Gasteiger partial charge in [-0.2, -0.15) is 0 Å². The Morgan fingerprint density at radius 1 is 1.11 bits per heavy atom. The molecular formula is C21H20BrN3O2S. The smallest absolute Gasteiger partial charge is 0.271 e. The number of ether oxygens (including phenoxy) is 1. The Morgan fingerprint density at radius 3 is 2.46 bits per heavy atom. The fourth-order valence-electron chi connectivity index (χ4n) is 2.42. The van der Waals surface area contributed by atoms with Crippen LogP contribution in [-0.2, 0) is 12.3 Å². The summed E-state index contributed by atoms with van der Waals surface area (Å²) in [6.45, 7) is 2.47. The molecule has 0 unspecified atom stereocenters. The van der Waals surface area contributed by atoms with Gasteiger partial charge in [0.2, 0.25) is 0 Å². The van der Waals surface area contributed by atoms with Crippen LogP contribution in [-0.4, -0.2) is 23.0 Å². The second-order valence-corrected chi connectivity index (χ2v) is 7.95. The highest BCUT2D eigenvalue weighted by Gasteiger charge is 2.14. The molecule has 5 nitrogen and oxygen atoms in total. The van der Waals surface area contributed by atoms with Crippen molar-refractivity contribution in [3.8, 4) is 5.75 Å². The maximum Gasteiger partial charge on any atom is 0.271 e. The van der Waals surface area contributed by atoms with Crippen molar-refractivity contribution in [3.63, 3.8) is 0 Å². The molecule has 3 aromatic rings. The Balaban J connectivity index is 1.62. The van der Waals surface area contributed by atoms with E-state index in [1.165, 1.54) is 22.9 Å². The molecule has 1 heterocycles. The molecule has 0 atom stereocenters. The van der Waals surface area contributed by atoms with E-state index in [9.17, 15) is 4.79 Å². The largest absolute Gasteiger partial charge is 0.497 e. The highest BCUT2D eigenvalue weighted by atomic mass is 79.9. The van der Waals surface area contributed by atoms with Crippen LogP contribution in [0.3, 0.4) is 0 Å². The first kappa shape index (κ1) is 20.4. The number of amides is 1. The van der Waals surface area contributed by atoms with Gasteiger partial charge in [-0.05, 0) is 46.1 Å². The number of nitrogens with one attached hydrogen (secondary N) is 1. The molecule has 0 saturated heterocycles. The maximum atomic E-state index is 12.6. The van der Waals surface area contributed by atoms with Gasteiger partial charge in [-0.15, -0.1) is 0 Å². The molecule has 2 aromatic carbocycles. The molecule has 0 aliphatic rings. The SMILES string of the molecule is COc1ccc(CNC(=O)c2nc(SCc3ccc(C)cc3)ncc2Br)cc1. The molecule has 0 fully saturated rings. The predicted molar refractivity (Wildman–Crippen MR) is 115 cm³/mol. The number of nitrogens with zero attached hydrogens (tertiary/aromatic N) is 2. The quantitative estimate of drug-likeness (QED) is 0.408. The van der Waals surface area contributed by atoms with Crippen LogP contribution < -0.4 is 10.1 Å². The van der Waals surface area contributed by atoms with E-state index in [0.29, 0.717) is 21.9 Å². The Bertz CT molecular complexity index is 947. The Kier molecular flexibility index (Phi) is 7.06. The summed E-state index contributed by atoms with van der Waals surface area (Å²) in [6, 6.07) is 15.9. The molecule has 0 saturated carbocycles. The van der Waals surface area contributed by atoms with Gasteiger partial charge >= 0.3 is 0 Å². The summed E-state index contributed by atoms with van der Waals surface area (Å²) in [5, 5.41) is 3.46. The van der Waals surface area contributed by atoms with E-state index in [-0.39, 0.29) is 5.91 Å². The van der Waals surface area contributed by atoms with Crippen molar-refractivity contribution in [1.82, 2.24) is 15.3 Å². The number of methoxy groups -OCH3 is 1. The molecule has 0 aliphatic carbocycles. The molecule has 0 aliphatic heterocycles. The zero-order chi connectivity index (χ0) is 19.9. The number of thioether (sulfide) groups is 1. The number of rotatable bonds is 7. The van der Waals surface area contributed by atoms with Crippen LogP contribution in [0.25, 0.3) is 0 Å². The van der Waals surface area contributed by atoms with Gasteiger partial charge in [-0.3, -0.25) is 4.79 Å². The van der Waals surface area contributed by atoms with Gasteiger partial charge in [0.05, 0.1) is 11.6 Å². The van der Waals surface area contributed by atoms with Gasteiger partial charge in [-0.25, -0.2) is 9.97 Å². The van der Waals surface area contributed by atoms with E-state index in [1.54, 1.807) is 13.3 Å². The van der Waals surface area contributed by atoms with Crippen molar-refractivity contribution in [2.24, 2.45) is 0 Å². The van der Waals surface area contributed by atoms with Crippen molar-refractivity contribution in [2.45, 2.75) is 24.4 Å². The van der Waals surface area contributed by atoms with Gasteiger partial charge in [0, 0.05) is 18.5 Å². The van der Waals surface area contributed by atoms with Crippen LogP contribution in [0.1, 0.15) is 27.2 Å². The van der Waals surface area contributed by atoms with E-state index in [0.717, 1.165) is 17.1 Å². The summed E-state index contributed by atoms with van der Waals surface area (Å²) in [6.07, 6.45) is 1.62. The minimum atomic E-state index is -0.248. The third kappa shape index (κ3) is 5.56. The number of carbonyl (C=O) groups is 1. The van der Waals surface area contributed by atoms with Crippen molar-refractivity contribution >= 4 is 33.6 Å². The summed E-state index contributed by atoms with van der Waals surface area (Å²) in [4.78, 5) is 21.3. The van der Waals surface area contributed by atoms with Crippen molar-refractivity contribution in [1.29, 1.82) is 0 Å². The van der Waals surface area contributed by atoms with Gasteiger partial charge in [0.25, 0.3) is 5.91 Å². The fourth-order valence-corrected chi connectivity index (χ4v) is 3.56. The number of aromatic nitrogens is 2. The molecule has 3 rings (SSSR count). The van der Waals surface area contributed by atoms with Crippen LogP contribution in [0.4, 0.5) is 0 Å². The maximum absolute atomic E-state index is 12.6. The number of hydrogen-bond acceptors (Lipinski definition) is 5. The van der Waals surface area contributed by atoms with Crippen molar-refractivity contribution in [3.05, 3.63) is 81.6 Å². The molecule has 1 amide bonds. The number of halogens is 1. The number of aryl methyl sites for hydroxylation is 1.